The third-order valence-electron chi connectivity index (χ3n) is 2.89. The number of aliphatic carboxylic acids is 1. The number of halogens is 1. The summed E-state index contributed by atoms with van der Waals surface area (Å²) >= 11 is 6.17. The minimum atomic E-state index is -0.915. The molecule has 1 aromatic rings. The number of hydrogen-bond donors (Lipinski definition) is 1. The number of benzene rings is 1. The Labute approximate surface area is 124 Å². The Balaban J connectivity index is 2.96. The maximum absolute atomic E-state index is 12.5. The van der Waals surface area contributed by atoms with Crippen LogP contribution in [-0.4, -0.2) is 35.0 Å². The van der Waals surface area contributed by atoms with Crippen LogP contribution in [0.3, 0.4) is 0 Å². The summed E-state index contributed by atoms with van der Waals surface area (Å²) in [5.41, 5.74) is 1.26. The van der Waals surface area contributed by atoms with Gasteiger partial charge >= 0.3 is 5.97 Å². The molecular weight excluding hydrogens is 278 g/mol. The fourth-order valence-electron chi connectivity index (χ4n) is 1.93. The zero-order chi connectivity index (χ0) is 15.3. The van der Waals surface area contributed by atoms with Crippen LogP contribution in [0.15, 0.2) is 18.2 Å². The molecule has 1 N–H and O–H groups in total. The normalized spacial score (nSPS) is 10.7. The topological polar surface area (TPSA) is 57.6 Å². The second kappa shape index (κ2) is 7.29. The van der Waals surface area contributed by atoms with Crippen molar-refractivity contribution in [1.82, 2.24) is 4.90 Å². The van der Waals surface area contributed by atoms with Crippen LogP contribution in [0.1, 0.15) is 36.2 Å². The third-order valence-corrected chi connectivity index (χ3v) is 3.39. The van der Waals surface area contributed by atoms with E-state index in [2.05, 4.69) is 0 Å². The van der Waals surface area contributed by atoms with Crippen molar-refractivity contribution in [3.8, 4) is 0 Å². The van der Waals surface area contributed by atoms with Crippen molar-refractivity contribution >= 4 is 23.5 Å². The molecule has 4 nitrogen and oxygen atoms in total. The molecule has 0 unspecified atom stereocenters. The summed E-state index contributed by atoms with van der Waals surface area (Å²) in [4.78, 5) is 24.8. The summed E-state index contributed by atoms with van der Waals surface area (Å²) in [5, 5.41) is 9.22. The number of rotatable bonds is 6. The SMILES string of the molecule is Cc1cccc(C(=O)N(CCC(=O)O)CC(C)C)c1Cl. The maximum atomic E-state index is 12.5. The van der Waals surface area contributed by atoms with E-state index in [-0.39, 0.29) is 24.8 Å². The van der Waals surface area contributed by atoms with E-state index in [4.69, 9.17) is 16.7 Å². The fourth-order valence-corrected chi connectivity index (χ4v) is 2.14. The predicted molar refractivity (Wildman–Crippen MR) is 79.2 cm³/mol. The fraction of sp³-hybridized carbons (Fsp3) is 0.467. The minimum absolute atomic E-state index is 0.0676. The second-order valence-corrected chi connectivity index (χ2v) is 5.60. The number of hydrogen-bond acceptors (Lipinski definition) is 2. The lowest BCUT2D eigenvalue weighted by atomic mass is 10.1. The largest absolute Gasteiger partial charge is 0.481 e. The quantitative estimate of drug-likeness (QED) is 0.877. The van der Waals surface area contributed by atoms with Crippen molar-refractivity contribution in [3.05, 3.63) is 34.3 Å². The Bertz CT molecular complexity index is 500. The molecule has 0 aromatic heterocycles. The maximum Gasteiger partial charge on any atom is 0.305 e. The van der Waals surface area contributed by atoms with Crippen LogP contribution in [0.5, 0.6) is 0 Å². The molecule has 0 fully saturated rings. The van der Waals surface area contributed by atoms with E-state index in [0.717, 1.165) is 5.56 Å². The molecule has 20 heavy (non-hydrogen) atoms. The first-order chi connectivity index (χ1) is 9.32. The first-order valence-electron chi connectivity index (χ1n) is 6.59. The van der Waals surface area contributed by atoms with Crippen molar-refractivity contribution in [1.29, 1.82) is 0 Å². The summed E-state index contributed by atoms with van der Waals surface area (Å²) in [6.45, 7) is 6.51. The van der Waals surface area contributed by atoms with Crippen LogP contribution in [0, 0.1) is 12.8 Å². The van der Waals surface area contributed by atoms with Crippen LogP contribution < -0.4 is 0 Å². The van der Waals surface area contributed by atoms with E-state index in [1.807, 2.05) is 26.8 Å². The first-order valence-corrected chi connectivity index (χ1v) is 6.97. The molecule has 0 radical (unpaired) electrons. The summed E-state index contributed by atoms with van der Waals surface area (Å²) < 4.78 is 0. The van der Waals surface area contributed by atoms with E-state index < -0.39 is 5.97 Å². The Morgan fingerprint density at radius 1 is 1.35 bits per heavy atom. The van der Waals surface area contributed by atoms with Gasteiger partial charge in [0.1, 0.15) is 0 Å². The van der Waals surface area contributed by atoms with E-state index in [9.17, 15) is 9.59 Å². The van der Waals surface area contributed by atoms with E-state index in [1.165, 1.54) is 0 Å². The van der Waals surface area contributed by atoms with Gasteiger partial charge in [-0.15, -0.1) is 0 Å². The Kier molecular flexibility index (Phi) is 6.02. The van der Waals surface area contributed by atoms with Gasteiger partial charge in [-0.1, -0.05) is 37.6 Å². The highest BCUT2D eigenvalue weighted by Crippen LogP contribution is 2.22. The second-order valence-electron chi connectivity index (χ2n) is 5.23. The van der Waals surface area contributed by atoms with Crippen LogP contribution in [0.2, 0.25) is 5.02 Å². The summed E-state index contributed by atoms with van der Waals surface area (Å²) in [6.07, 6.45) is -0.0676. The van der Waals surface area contributed by atoms with Crippen molar-refractivity contribution in [2.75, 3.05) is 13.1 Å². The highest BCUT2D eigenvalue weighted by Gasteiger charge is 2.20. The van der Waals surface area contributed by atoms with E-state index in [1.54, 1.807) is 17.0 Å². The highest BCUT2D eigenvalue weighted by atomic mass is 35.5. The van der Waals surface area contributed by atoms with Gasteiger partial charge in [0.2, 0.25) is 0 Å². The molecule has 5 heteroatoms. The lowest BCUT2D eigenvalue weighted by Gasteiger charge is -2.24. The Morgan fingerprint density at radius 3 is 2.55 bits per heavy atom. The van der Waals surface area contributed by atoms with Gasteiger partial charge in [0.05, 0.1) is 17.0 Å². The Morgan fingerprint density at radius 2 is 2.00 bits per heavy atom. The molecule has 0 aliphatic carbocycles. The Hall–Kier alpha value is -1.55. The van der Waals surface area contributed by atoms with Crippen molar-refractivity contribution in [3.63, 3.8) is 0 Å². The van der Waals surface area contributed by atoms with Gasteiger partial charge in [-0.2, -0.15) is 0 Å². The van der Waals surface area contributed by atoms with Crippen LogP contribution >= 0.6 is 11.6 Å². The van der Waals surface area contributed by atoms with Gasteiger partial charge in [-0.3, -0.25) is 9.59 Å². The minimum Gasteiger partial charge on any atom is -0.481 e. The van der Waals surface area contributed by atoms with Gasteiger partial charge in [0.15, 0.2) is 0 Å². The first kappa shape index (κ1) is 16.5. The molecule has 0 saturated carbocycles. The van der Waals surface area contributed by atoms with Crippen LogP contribution in [0.25, 0.3) is 0 Å². The van der Waals surface area contributed by atoms with Gasteiger partial charge in [-0.25, -0.2) is 0 Å². The average Bonchev–Trinajstić information content (AvgIpc) is 2.36. The number of carboxylic acid groups (broad SMARTS) is 1. The lowest BCUT2D eigenvalue weighted by molar-refractivity contribution is -0.137. The molecule has 0 bridgehead atoms. The molecular formula is C15H20ClNO3. The molecule has 1 rings (SSSR count). The van der Waals surface area contributed by atoms with Gasteiger partial charge in [0.25, 0.3) is 5.91 Å². The molecule has 0 spiro atoms. The average molecular weight is 298 g/mol. The molecule has 1 aromatic carbocycles. The predicted octanol–water partition coefficient (Wildman–Crippen LogP) is 3.22. The standard InChI is InChI=1S/C15H20ClNO3/c1-10(2)9-17(8-7-13(18)19)15(20)12-6-4-5-11(3)14(12)16/h4-6,10H,7-9H2,1-3H3,(H,18,19). The van der Waals surface area contributed by atoms with Crippen LogP contribution in [0.4, 0.5) is 0 Å². The monoisotopic (exact) mass is 297 g/mol. The summed E-state index contributed by atoms with van der Waals surface area (Å²) in [6, 6.07) is 5.29. The number of amides is 1. The molecule has 0 heterocycles. The van der Waals surface area contributed by atoms with Gasteiger partial charge in [-0.05, 0) is 24.5 Å². The number of carboxylic acids is 1. The number of carbonyl (C=O) groups excluding carboxylic acids is 1. The zero-order valence-electron chi connectivity index (χ0n) is 12.0. The number of aryl methyl sites for hydroxylation is 1. The van der Waals surface area contributed by atoms with Crippen molar-refractivity contribution in [2.24, 2.45) is 5.92 Å². The third kappa shape index (κ3) is 4.53. The van der Waals surface area contributed by atoms with Gasteiger partial charge in [0, 0.05) is 13.1 Å². The van der Waals surface area contributed by atoms with Gasteiger partial charge < -0.3 is 10.0 Å². The molecule has 0 saturated heterocycles. The summed E-state index contributed by atoms with van der Waals surface area (Å²) in [5.74, 6) is -0.869. The number of carbonyl (C=O) groups is 2. The molecule has 0 aliphatic heterocycles. The zero-order valence-corrected chi connectivity index (χ0v) is 12.8. The van der Waals surface area contributed by atoms with E-state index in [0.29, 0.717) is 17.1 Å². The van der Waals surface area contributed by atoms with Crippen molar-refractivity contribution < 1.29 is 14.7 Å². The summed E-state index contributed by atoms with van der Waals surface area (Å²) in [7, 11) is 0. The van der Waals surface area contributed by atoms with Crippen molar-refractivity contribution in [2.45, 2.75) is 27.2 Å². The molecule has 110 valence electrons. The van der Waals surface area contributed by atoms with Crippen LogP contribution in [-0.2, 0) is 4.79 Å². The highest BCUT2D eigenvalue weighted by molar-refractivity contribution is 6.34. The smallest absolute Gasteiger partial charge is 0.305 e. The molecule has 0 atom stereocenters. The molecule has 0 aliphatic rings. The number of nitrogens with zero attached hydrogens (tertiary/aromatic N) is 1. The lowest BCUT2D eigenvalue weighted by Crippen LogP contribution is -2.36. The molecule has 1 amide bonds. The van der Waals surface area contributed by atoms with E-state index >= 15 is 0 Å².